The molecule has 1 aromatic rings. The smallest absolute Gasteiger partial charge is 0.163 e. The zero-order chi connectivity index (χ0) is 13.3. The number of rotatable bonds is 3. The molecule has 0 aliphatic heterocycles. The minimum absolute atomic E-state index is 0.113. The quantitative estimate of drug-likeness (QED) is 0.857. The van der Waals surface area contributed by atoms with Crippen molar-refractivity contribution in [2.75, 3.05) is 7.05 Å². The molecule has 3 heteroatoms. The second-order valence-corrected chi connectivity index (χ2v) is 5.90. The molecule has 1 fully saturated rings. The van der Waals surface area contributed by atoms with E-state index in [-0.39, 0.29) is 11.5 Å². The minimum atomic E-state index is -0.761. The molecular weight excluding hydrogens is 232 g/mol. The maximum absolute atomic E-state index is 13.9. The molecule has 0 bridgehead atoms. The van der Waals surface area contributed by atoms with Crippen LogP contribution in [0.5, 0.6) is 0 Å². The highest BCUT2D eigenvalue weighted by molar-refractivity contribution is 5.24. The Bertz CT molecular complexity index is 429. The van der Waals surface area contributed by atoms with Crippen LogP contribution in [0, 0.1) is 23.0 Å². The standard InChI is InChI=1S/C15H21F2N/c1-15(2)9-5-7-11(15)14(18-3)10-6-4-8-12(16)13(10)17/h4,6,8,11,14,18H,5,7,9H2,1-3H3. The SMILES string of the molecule is CNC(c1cccc(F)c1F)C1CCCC1(C)C. The van der Waals surface area contributed by atoms with E-state index in [2.05, 4.69) is 19.2 Å². The van der Waals surface area contributed by atoms with E-state index in [1.807, 2.05) is 7.05 Å². The van der Waals surface area contributed by atoms with Gasteiger partial charge in [0.1, 0.15) is 0 Å². The minimum Gasteiger partial charge on any atom is -0.313 e. The molecule has 0 spiro atoms. The molecule has 1 nitrogen and oxygen atoms in total. The average molecular weight is 253 g/mol. The van der Waals surface area contributed by atoms with Gasteiger partial charge in [-0.25, -0.2) is 8.78 Å². The number of hydrogen-bond acceptors (Lipinski definition) is 1. The van der Waals surface area contributed by atoms with Crippen LogP contribution < -0.4 is 5.32 Å². The molecule has 100 valence electrons. The summed E-state index contributed by atoms with van der Waals surface area (Å²) in [5, 5.41) is 3.18. The van der Waals surface area contributed by atoms with Crippen LogP contribution >= 0.6 is 0 Å². The average Bonchev–Trinajstić information content (AvgIpc) is 2.66. The van der Waals surface area contributed by atoms with Crippen LogP contribution in [0.1, 0.15) is 44.7 Å². The Morgan fingerprint density at radius 3 is 2.61 bits per heavy atom. The summed E-state index contributed by atoms with van der Waals surface area (Å²) in [6.45, 7) is 4.43. The summed E-state index contributed by atoms with van der Waals surface area (Å²) in [6, 6.07) is 4.33. The topological polar surface area (TPSA) is 12.0 Å². The first-order valence-corrected chi connectivity index (χ1v) is 6.58. The highest BCUT2D eigenvalue weighted by Gasteiger charge is 2.40. The van der Waals surface area contributed by atoms with Crippen LogP contribution in [0.3, 0.4) is 0 Å². The third-order valence-corrected chi connectivity index (χ3v) is 4.37. The van der Waals surface area contributed by atoms with Crippen molar-refractivity contribution in [2.45, 2.75) is 39.2 Å². The summed E-state index contributed by atoms with van der Waals surface area (Å²) in [6.07, 6.45) is 3.37. The predicted octanol–water partition coefficient (Wildman–Crippen LogP) is 4.05. The van der Waals surface area contributed by atoms with Crippen LogP contribution in [0.15, 0.2) is 18.2 Å². The normalized spacial score (nSPS) is 24.2. The Hall–Kier alpha value is -0.960. The van der Waals surface area contributed by atoms with E-state index in [9.17, 15) is 8.78 Å². The molecule has 0 heterocycles. The molecule has 0 aromatic heterocycles. The summed E-state index contributed by atoms with van der Waals surface area (Å²) in [5.74, 6) is -1.12. The fourth-order valence-corrected chi connectivity index (χ4v) is 3.31. The summed E-state index contributed by atoms with van der Waals surface area (Å²) in [4.78, 5) is 0. The molecule has 1 saturated carbocycles. The second kappa shape index (κ2) is 4.96. The molecule has 2 rings (SSSR count). The summed E-state index contributed by atoms with van der Waals surface area (Å²) < 4.78 is 27.3. The first kappa shape index (κ1) is 13.5. The van der Waals surface area contributed by atoms with Crippen LogP contribution in [-0.2, 0) is 0 Å². The number of nitrogens with one attached hydrogen (secondary N) is 1. The van der Waals surface area contributed by atoms with Gasteiger partial charge in [0.15, 0.2) is 11.6 Å². The molecule has 2 unspecified atom stereocenters. The van der Waals surface area contributed by atoms with Crippen molar-refractivity contribution in [2.24, 2.45) is 11.3 Å². The van der Waals surface area contributed by atoms with E-state index in [4.69, 9.17) is 0 Å². The van der Waals surface area contributed by atoms with Gasteiger partial charge in [-0.15, -0.1) is 0 Å². The lowest BCUT2D eigenvalue weighted by atomic mass is 9.75. The fraction of sp³-hybridized carbons (Fsp3) is 0.600. The number of hydrogen-bond donors (Lipinski definition) is 1. The zero-order valence-corrected chi connectivity index (χ0v) is 11.3. The van der Waals surface area contributed by atoms with Gasteiger partial charge in [-0.2, -0.15) is 0 Å². The molecule has 0 radical (unpaired) electrons. The molecule has 1 aliphatic rings. The molecule has 2 atom stereocenters. The predicted molar refractivity (Wildman–Crippen MR) is 69.3 cm³/mol. The van der Waals surface area contributed by atoms with E-state index >= 15 is 0 Å². The maximum atomic E-state index is 13.9. The summed E-state index contributed by atoms with van der Waals surface area (Å²) >= 11 is 0. The van der Waals surface area contributed by atoms with Gasteiger partial charge in [-0.05, 0) is 37.3 Å². The largest absolute Gasteiger partial charge is 0.313 e. The van der Waals surface area contributed by atoms with Gasteiger partial charge < -0.3 is 5.32 Å². The van der Waals surface area contributed by atoms with Crippen molar-refractivity contribution in [3.63, 3.8) is 0 Å². The molecule has 0 saturated heterocycles. The Labute approximate surface area is 108 Å². The highest BCUT2D eigenvalue weighted by atomic mass is 19.2. The Morgan fingerprint density at radius 2 is 2.06 bits per heavy atom. The van der Waals surface area contributed by atoms with Crippen LogP contribution in [-0.4, -0.2) is 7.05 Å². The fourth-order valence-electron chi connectivity index (χ4n) is 3.31. The lowest BCUT2D eigenvalue weighted by molar-refractivity contribution is 0.200. The molecule has 1 aromatic carbocycles. The first-order chi connectivity index (χ1) is 8.47. The van der Waals surface area contributed by atoms with Gasteiger partial charge in [0, 0.05) is 11.6 Å². The third kappa shape index (κ3) is 2.28. The van der Waals surface area contributed by atoms with Crippen molar-refractivity contribution in [3.8, 4) is 0 Å². The van der Waals surface area contributed by atoms with Crippen molar-refractivity contribution in [1.82, 2.24) is 5.32 Å². The lowest BCUT2D eigenvalue weighted by Crippen LogP contribution is -2.32. The van der Waals surface area contributed by atoms with Crippen LogP contribution in [0.25, 0.3) is 0 Å². The van der Waals surface area contributed by atoms with Gasteiger partial charge in [0.25, 0.3) is 0 Å². The molecule has 18 heavy (non-hydrogen) atoms. The van der Waals surface area contributed by atoms with Gasteiger partial charge in [-0.1, -0.05) is 32.4 Å². The van der Waals surface area contributed by atoms with E-state index < -0.39 is 11.6 Å². The van der Waals surface area contributed by atoms with Crippen molar-refractivity contribution >= 4 is 0 Å². The van der Waals surface area contributed by atoms with Gasteiger partial charge >= 0.3 is 0 Å². The summed E-state index contributed by atoms with van der Waals surface area (Å²) in [5.41, 5.74) is 0.629. The van der Waals surface area contributed by atoms with E-state index in [1.54, 1.807) is 12.1 Å². The van der Waals surface area contributed by atoms with Crippen molar-refractivity contribution in [3.05, 3.63) is 35.4 Å². The highest BCUT2D eigenvalue weighted by Crippen LogP contribution is 2.48. The van der Waals surface area contributed by atoms with E-state index in [0.717, 1.165) is 19.3 Å². The molecular formula is C15H21F2N. The Balaban J connectivity index is 2.37. The van der Waals surface area contributed by atoms with Gasteiger partial charge in [-0.3, -0.25) is 0 Å². The van der Waals surface area contributed by atoms with Crippen LogP contribution in [0.4, 0.5) is 8.78 Å². The second-order valence-electron chi connectivity index (χ2n) is 5.90. The Morgan fingerprint density at radius 1 is 1.33 bits per heavy atom. The third-order valence-electron chi connectivity index (χ3n) is 4.37. The lowest BCUT2D eigenvalue weighted by Gasteiger charge is -2.34. The molecule has 1 N–H and O–H groups in total. The van der Waals surface area contributed by atoms with Crippen molar-refractivity contribution in [1.29, 1.82) is 0 Å². The Kier molecular flexibility index (Phi) is 3.71. The van der Waals surface area contributed by atoms with E-state index in [0.29, 0.717) is 11.5 Å². The van der Waals surface area contributed by atoms with E-state index in [1.165, 1.54) is 6.07 Å². The maximum Gasteiger partial charge on any atom is 0.163 e. The molecule has 0 amide bonds. The van der Waals surface area contributed by atoms with Gasteiger partial charge in [0.2, 0.25) is 0 Å². The molecule has 1 aliphatic carbocycles. The number of benzene rings is 1. The number of halogens is 2. The zero-order valence-electron chi connectivity index (χ0n) is 11.3. The monoisotopic (exact) mass is 253 g/mol. The first-order valence-electron chi connectivity index (χ1n) is 6.58. The van der Waals surface area contributed by atoms with Crippen LogP contribution in [0.2, 0.25) is 0 Å². The summed E-state index contributed by atoms with van der Waals surface area (Å²) in [7, 11) is 1.82. The van der Waals surface area contributed by atoms with Gasteiger partial charge in [0.05, 0.1) is 0 Å². The van der Waals surface area contributed by atoms with Crippen molar-refractivity contribution < 1.29 is 8.78 Å².